The van der Waals surface area contributed by atoms with E-state index < -0.39 is 0 Å². The van der Waals surface area contributed by atoms with E-state index in [1.54, 1.807) is 12.5 Å². The first-order valence-corrected chi connectivity index (χ1v) is 5.47. The average molecular weight is 237 g/mol. The molecule has 0 aliphatic carbocycles. The first-order valence-electron chi connectivity index (χ1n) is 5.09. The molecule has 0 amide bonds. The Morgan fingerprint density at radius 2 is 2.31 bits per heavy atom. The summed E-state index contributed by atoms with van der Waals surface area (Å²) in [5.41, 5.74) is 1.90. The molecule has 2 rings (SSSR count). The Kier molecular flexibility index (Phi) is 3.27. The van der Waals surface area contributed by atoms with E-state index in [0.29, 0.717) is 0 Å². The molecule has 84 valence electrons. The number of aromatic nitrogens is 2. The summed E-state index contributed by atoms with van der Waals surface area (Å²) in [4.78, 5) is 4.03. The molecule has 1 heterocycles. The van der Waals surface area contributed by atoms with Crippen molar-refractivity contribution in [2.75, 3.05) is 0 Å². The molecule has 0 aliphatic rings. The lowest BCUT2D eigenvalue weighted by atomic mass is 10.1. The highest BCUT2D eigenvalue weighted by molar-refractivity contribution is 6.30. The largest absolute Gasteiger partial charge is 0.390 e. The third-order valence-electron chi connectivity index (χ3n) is 2.66. The summed E-state index contributed by atoms with van der Waals surface area (Å²) < 4.78 is 1.94. The summed E-state index contributed by atoms with van der Waals surface area (Å²) >= 11 is 5.95. The molecule has 0 spiro atoms. The lowest BCUT2D eigenvalue weighted by Gasteiger charge is -2.16. The van der Waals surface area contributed by atoms with Crippen molar-refractivity contribution in [2.24, 2.45) is 0 Å². The monoisotopic (exact) mass is 236 g/mol. The number of benzene rings is 1. The molecule has 1 aromatic heterocycles. The van der Waals surface area contributed by atoms with Crippen molar-refractivity contribution < 1.29 is 5.11 Å². The van der Waals surface area contributed by atoms with Gasteiger partial charge in [-0.3, -0.25) is 0 Å². The number of rotatable bonds is 3. The fraction of sp³-hybridized carbons (Fsp3) is 0.250. The van der Waals surface area contributed by atoms with Crippen molar-refractivity contribution in [1.29, 1.82) is 0 Å². The van der Waals surface area contributed by atoms with Crippen molar-refractivity contribution in [3.63, 3.8) is 0 Å². The van der Waals surface area contributed by atoms with Gasteiger partial charge in [0.15, 0.2) is 0 Å². The average Bonchev–Trinajstić information content (AvgIpc) is 2.76. The van der Waals surface area contributed by atoms with Crippen molar-refractivity contribution in [2.45, 2.75) is 19.6 Å². The second-order valence-electron chi connectivity index (χ2n) is 3.68. The van der Waals surface area contributed by atoms with Gasteiger partial charge in [0.1, 0.15) is 0 Å². The van der Waals surface area contributed by atoms with E-state index in [4.69, 9.17) is 11.6 Å². The van der Waals surface area contributed by atoms with E-state index in [9.17, 15) is 5.11 Å². The quantitative estimate of drug-likeness (QED) is 0.890. The minimum Gasteiger partial charge on any atom is -0.390 e. The van der Waals surface area contributed by atoms with Gasteiger partial charge in [0, 0.05) is 5.02 Å². The Hall–Kier alpha value is -1.32. The highest BCUT2D eigenvalue weighted by atomic mass is 35.5. The van der Waals surface area contributed by atoms with Crippen molar-refractivity contribution in [3.8, 4) is 0 Å². The van der Waals surface area contributed by atoms with Crippen LogP contribution in [-0.2, 0) is 6.61 Å². The van der Waals surface area contributed by atoms with Crippen molar-refractivity contribution >= 4 is 11.6 Å². The number of halogens is 1. The summed E-state index contributed by atoms with van der Waals surface area (Å²) in [5, 5.41) is 9.89. The molecule has 0 radical (unpaired) electrons. The minimum absolute atomic E-state index is 0.00902. The van der Waals surface area contributed by atoms with Crippen LogP contribution in [0.15, 0.2) is 36.8 Å². The highest BCUT2D eigenvalue weighted by Crippen LogP contribution is 2.22. The maximum absolute atomic E-state index is 9.17. The number of aliphatic hydroxyl groups is 1. The molecule has 0 saturated heterocycles. The van der Waals surface area contributed by atoms with Gasteiger partial charge in [0.05, 0.1) is 30.9 Å². The molecule has 1 unspecified atom stereocenters. The number of hydrogen-bond donors (Lipinski definition) is 1. The molecule has 0 saturated carbocycles. The predicted octanol–water partition coefficient (Wildman–Crippen LogP) is 2.64. The van der Waals surface area contributed by atoms with Gasteiger partial charge in [-0.2, -0.15) is 0 Å². The standard InChI is InChI=1S/C12H13ClN2O/c1-9(10-3-2-4-11(13)5-10)15-8-14-6-12(15)7-16/h2-6,8-9,16H,7H2,1H3. The zero-order chi connectivity index (χ0) is 11.5. The highest BCUT2D eigenvalue weighted by Gasteiger charge is 2.11. The topological polar surface area (TPSA) is 38.0 Å². The lowest BCUT2D eigenvalue weighted by molar-refractivity contribution is 0.269. The first kappa shape index (κ1) is 11.2. The normalized spacial score (nSPS) is 12.7. The van der Waals surface area contributed by atoms with Crippen LogP contribution in [0.25, 0.3) is 0 Å². The summed E-state index contributed by atoms with van der Waals surface area (Å²) in [6, 6.07) is 7.82. The van der Waals surface area contributed by atoms with Crippen LogP contribution in [0.1, 0.15) is 24.2 Å². The summed E-state index contributed by atoms with van der Waals surface area (Å²) in [7, 11) is 0. The smallest absolute Gasteiger partial charge is 0.0954 e. The van der Waals surface area contributed by atoms with Gasteiger partial charge in [0.25, 0.3) is 0 Å². The zero-order valence-electron chi connectivity index (χ0n) is 8.97. The molecule has 3 nitrogen and oxygen atoms in total. The van der Waals surface area contributed by atoms with Gasteiger partial charge < -0.3 is 9.67 Å². The van der Waals surface area contributed by atoms with Gasteiger partial charge in [-0.05, 0) is 24.6 Å². The fourth-order valence-electron chi connectivity index (χ4n) is 1.73. The molecule has 2 aromatic rings. The maximum Gasteiger partial charge on any atom is 0.0954 e. The Morgan fingerprint density at radius 1 is 1.50 bits per heavy atom. The second-order valence-corrected chi connectivity index (χ2v) is 4.12. The maximum atomic E-state index is 9.17. The fourth-order valence-corrected chi connectivity index (χ4v) is 1.93. The van der Waals surface area contributed by atoms with Gasteiger partial charge >= 0.3 is 0 Å². The van der Waals surface area contributed by atoms with E-state index >= 15 is 0 Å². The van der Waals surface area contributed by atoms with Crippen LogP contribution in [0.2, 0.25) is 5.02 Å². The number of nitrogens with zero attached hydrogens (tertiary/aromatic N) is 2. The molecular formula is C12H13ClN2O. The van der Waals surface area contributed by atoms with Crippen LogP contribution >= 0.6 is 11.6 Å². The van der Waals surface area contributed by atoms with Gasteiger partial charge in [0.2, 0.25) is 0 Å². The molecule has 16 heavy (non-hydrogen) atoms. The van der Waals surface area contributed by atoms with E-state index in [2.05, 4.69) is 4.98 Å². The van der Waals surface area contributed by atoms with Gasteiger partial charge in [-0.1, -0.05) is 23.7 Å². The van der Waals surface area contributed by atoms with Crippen molar-refractivity contribution in [1.82, 2.24) is 9.55 Å². The predicted molar refractivity (Wildman–Crippen MR) is 63.4 cm³/mol. The molecular weight excluding hydrogens is 224 g/mol. The summed E-state index contributed by atoms with van der Waals surface area (Å²) in [6.45, 7) is 2.04. The molecule has 4 heteroatoms. The first-order chi connectivity index (χ1) is 7.72. The SMILES string of the molecule is CC(c1cccc(Cl)c1)n1cncc1CO. The Labute approximate surface area is 99.3 Å². The second kappa shape index (κ2) is 4.68. The van der Waals surface area contributed by atoms with Gasteiger partial charge in [-0.25, -0.2) is 4.98 Å². The van der Waals surface area contributed by atoms with E-state index in [0.717, 1.165) is 16.3 Å². The third kappa shape index (κ3) is 2.10. The Bertz CT molecular complexity index is 481. The molecule has 0 fully saturated rings. The number of imidazole rings is 1. The minimum atomic E-state index is -0.00902. The van der Waals surface area contributed by atoms with Crippen LogP contribution < -0.4 is 0 Å². The van der Waals surface area contributed by atoms with E-state index in [-0.39, 0.29) is 12.6 Å². The summed E-state index contributed by atoms with van der Waals surface area (Å²) in [5.74, 6) is 0. The zero-order valence-corrected chi connectivity index (χ0v) is 9.72. The number of aliphatic hydroxyl groups excluding tert-OH is 1. The Balaban J connectivity index is 2.35. The van der Waals surface area contributed by atoms with Gasteiger partial charge in [-0.15, -0.1) is 0 Å². The molecule has 1 aromatic carbocycles. The molecule has 0 aliphatic heterocycles. The van der Waals surface area contributed by atoms with Crippen LogP contribution in [-0.4, -0.2) is 14.7 Å². The third-order valence-corrected chi connectivity index (χ3v) is 2.89. The van der Waals surface area contributed by atoms with E-state index in [1.165, 1.54) is 0 Å². The van der Waals surface area contributed by atoms with E-state index in [1.807, 2.05) is 35.8 Å². The van der Waals surface area contributed by atoms with Crippen LogP contribution in [0.3, 0.4) is 0 Å². The Morgan fingerprint density at radius 3 is 3.00 bits per heavy atom. The molecule has 0 bridgehead atoms. The van der Waals surface area contributed by atoms with Crippen LogP contribution in [0.5, 0.6) is 0 Å². The summed E-state index contributed by atoms with van der Waals surface area (Å²) in [6.07, 6.45) is 3.39. The van der Waals surface area contributed by atoms with Crippen molar-refractivity contribution in [3.05, 3.63) is 53.1 Å². The lowest BCUT2D eigenvalue weighted by Crippen LogP contribution is -2.09. The molecule has 1 N–H and O–H groups in total. The van der Waals surface area contributed by atoms with Crippen LogP contribution in [0.4, 0.5) is 0 Å². The van der Waals surface area contributed by atoms with Crippen LogP contribution in [0, 0.1) is 0 Å². The molecule has 1 atom stereocenters. The number of hydrogen-bond acceptors (Lipinski definition) is 2.